The van der Waals surface area contributed by atoms with Gasteiger partial charge in [0.05, 0.1) is 10.8 Å². The maximum Gasteiger partial charge on any atom is 0.233 e. The third-order valence-electron chi connectivity index (χ3n) is 2.10. The number of hydrogen-bond acceptors (Lipinski definition) is 3. The van der Waals surface area contributed by atoms with Gasteiger partial charge in [0.15, 0.2) is 0 Å². The van der Waals surface area contributed by atoms with Gasteiger partial charge < -0.3 is 5.32 Å². The fraction of sp³-hybridized carbons (Fsp3) is 0.231. The van der Waals surface area contributed by atoms with Crippen LogP contribution < -0.4 is 5.32 Å². The number of thioether (sulfide) groups is 1. The third-order valence-corrected chi connectivity index (χ3v) is 3.28. The van der Waals surface area contributed by atoms with E-state index >= 15 is 0 Å². The molecule has 1 aromatic carbocycles. The van der Waals surface area contributed by atoms with Crippen LogP contribution >= 0.6 is 11.8 Å². The Hall–Kier alpha value is -1.73. The Morgan fingerprint density at radius 2 is 2.35 bits per heavy atom. The van der Waals surface area contributed by atoms with Crippen LogP contribution in [0.2, 0.25) is 0 Å². The van der Waals surface area contributed by atoms with Crippen LogP contribution in [0.4, 0.5) is 0 Å². The van der Waals surface area contributed by atoms with E-state index in [4.69, 9.17) is 5.26 Å². The third kappa shape index (κ3) is 3.97. The van der Waals surface area contributed by atoms with Gasteiger partial charge in [-0.25, -0.2) is 0 Å². The molecule has 0 spiro atoms. The van der Waals surface area contributed by atoms with Crippen molar-refractivity contribution in [2.45, 2.75) is 17.1 Å². The number of nitrogens with one attached hydrogen (secondary N) is 1. The molecule has 17 heavy (non-hydrogen) atoms. The summed E-state index contributed by atoms with van der Waals surface area (Å²) in [5.74, 6) is -0.0531. The summed E-state index contributed by atoms with van der Waals surface area (Å²) in [6, 6.07) is 9.38. The molecule has 0 bridgehead atoms. The zero-order valence-electron chi connectivity index (χ0n) is 9.64. The molecule has 1 N–H and O–H groups in total. The Bertz CT molecular complexity index is 451. The number of benzene rings is 1. The Balaban J connectivity index is 2.68. The quantitative estimate of drug-likeness (QED) is 0.641. The molecule has 1 rings (SSSR count). The molecule has 0 saturated carbocycles. The summed E-state index contributed by atoms with van der Waals surface area (Å²) in [4.78, 5) is 12.5. The van der Waals surface area contributed by atoms with Crippen molar-refractivity contribution >= 4 is 17.7 Å². The van der Waals surface area contributed by atoms with E-state index in [0.717, 1.165) is 4.90 Å². The average Bonchev–Trinajstić information content (AvgIpc) is 2.36. The Morgan fingerprint density at radius 3 is 3.00 bits per heavy atom. The molecule has 0 radical (unpaired) electrons. The van der Waals surface area contributed by atoms with Gasteiger partial charge in [-0.15, -0.1) is 18.3 Å². The maximum absolute atomic E-state index is 11.6. The number of rotatable bonds is 5. The molecule has 0 aliphatic carbocycles. The molecule has 0 unspecified atom stereocenters. The number of hydrogen-bond donors (Lipinski definition) is 1. The second-order valence-electron chi connectivity index (χ2n) is 3.40. The highest BCUT2D eigenvalue weighted by Crippen LogP contribution is 2.26. The summed E-state index contributed by atoms with van der Waals surface area (Å²) >= 11 is 1.38. The maximum atomic E-state index is 11.6. The summed E-state index contributed by atoms with van der Waals surface area (Å²) in [7, 11) is 0. The highest BCUT2D eigenvalue weighted by Gasteiger charge is 2.14. The highest BCUT2D eigenvalue weighted by atomic mass is 32.2. The molecule has 0 fully saturated rings. The number of amides is 1. The SMILES string of the molecule is C=CCNC(=O)[C@@H](C)Sc1ccccc1C#N. The van der Waals surface area contributed by atoms with Crippen molar-refractivity contribution in [2.75, 3.05) is 6.54 Å². The highest BCUT2D eigenvalue weighted by molar-refractivity contribution is 8.00. The van der Waals surface area contributed by atoms with Gasteiger partial charge in [0.1, 0.15) is 6.07 Å². The number of carbonyl (C=O) groups is 1. The van der Waals surface area contributed by atoms with E-state index in [-0.39, 0.29) is 11.2 Å². The van der Waals surface area contributed by atoms with Crippen LogP contribution in [0.25, 0.3) is 0 Å². The largest absolute Gasteiger partial charge is 0.352 e. The Kier molecular flexibility index (Phi) is 5.31. The van der Waals surface area contributed by atoms with Crippen molar-refractivity contribution in [3.8, 4) is 6.07 Å². The zero-order chi connectivity index (χ0) is 12.7. The van der Waals surface area contributed by atoms with Crippen LogP contribution in [0.5, 0.6) is 0 Å². The molecule has 3 nitrogen and oxygen atoms in total. The first-order valence-electron chi connectivity index (χ1n) is 5.23. The van der Waals surface area contributed by atoms with E-state index in [0.29, 0.717) is 12.1 Å². The fourth-order valence-electron chi connectivity index (χ4n) is 1.22. The van der Waals surface area contributed by atoms with Gasteiger partial charge in [-0.05, 0) is 19.1 Å². The van der Waals surface area contributed by atoms with Gasteiger partial charge in [-0.3, -0.25) is 4.79 Å². The minimum Gasteiger partial charge on any atom is -0.352 e. The van der Waals surface area contributed by atoms with E-state index in [1.807, 2.05) is 25.1 Å². The van der Waals surface area contributed by atoms with Crippen molar-refractivity contribution in [1.82, 2.24) is 5.32 Å². The minimum atomic E-state index is -0.232. The van der Waals surface area contributed by atoms with Crippen molar-refractivity contribution in [1.29, 1.82) is 5.26 Å². The van der Waals surface area contributed by atoms with Gasteiger partial charge in [0.2, 0.25) is 5.91 Å². The Labute approximate surface area is 106 Å². The summed E-state index contributed by atoms with van der Waals surface area (Å²) < 4.78 is 0. The van der Waals surface area contributed by atoms with E-state index in [1.165, 1.54) is 11.8 Å². The van der Waals surface area contributed by atoms with Crippen LogP contribution in [-0.4, -0.2) is 17.7 Å². The second kappa shape index (κ2) is 6.77. The lowest BCUT2D eigenvalue weighted by Gasteiger charge is -2.11. The van der Waals surface area contributed by atoms with Gasteiger partial charge >= 0.3 is 0 Å². The summed E-state index contributed by atoms with van der Waals surface area (Å²) in [5, 5.41) is 11.4. The molecule has 1 atom stereocenters. The monoisotopic (exact) mass is 246 g/mol. The minimum absolute atomic E-state index is 0.0531. The lowest BCUT2D eigenvalue weighted by atomic mass is 10.2. The van der Waals surface area contributed by atoms with Crippen LogP contribution in [0.15, 0.2) is 41.8 Å². The first-order chi connectivity index (χ1) is 8.19. The van der Waals surface area contributed by atoms with Crippen LogP contribution in [0, 0.1) is 11.3 Å². The van der Waals surface area contributed by atoms with Crippen molar-refractivity contribution in [2.24, 2.45) is 0 Å². The molecule has 1 amide bonds. The molecule has 0 saturated heterocycles. The first kappa shape index (κ1) is 13.3. The standard InChI is InChI=1S/C13H14N2OS/c1-3-8-15-13(16)10(2)17-12-7-5-4-6-11(12)9-14/h3-7,10H,1,8H2,2H3,(H,15,16)/t10-/m1/s1. The van der Waals surface area contributed by atoms with Crippen molar-refractivity contribution < 1.29 is 4.79 Å². The van der Waals surface area contributed by atoms with Crippen LogP contribution in [-0.2, 0) is 4.79 Å². The molecular formula is C13H14N2OS. The predicted molar refractivity (Wildman–Crippen MR) is 69.7 cm³/mol. The predicted octanol–water partition coefficient (Wildman–Crippen LogP) is 2.34. The molecule has 1 aromatic rings. The van der Waals surface area contributed by atoms with E-state index < -0.39 is 0 Å². The van der Waals surface area contributed by atoms with Crippen LogP contribution in [0.1, 0.15) is 12.5 Å². The average molecular weight is 246 g/mol. The van der Waals surface area contributed by atoms with Crippen molar-refractivity contribution in [3.05, 3.63) is 42.5 Å². The normalized spacial score (nSPS) is 11.3. The lowest BCUT2D eigenvalue weighted by molar-refractivity contribution is -0.120. The van der Waals surface area contributed by atoms with E-state index in [1.54, 1.807) is 12.1 Å². The summed E-state index contributed by atoms with van der Waals surface area (Å²) in [6.07, 6.45) is 1.64. The number of carbonyl (C=O) groups excluding carboxylic acids is 1. The second-order valence-corrected chi connectivity index (χ2v) is 4.78. The molecular weight excluding hydrogens is 232 g/mol. The van der Waals surface area contributed by atoms with Gasteiger partial charge in [-0.2, -0.15) is 5.26 Å². The van der Waals surface area contributed by atoms with Crippen LogP contribution in [0.3, 0.4) is 0 Å². The smallest absolute Gasteiger partial charge is 0.233 e. The van der Waals surface area contributed by atoms with Gasteiger partial charge in [0.25, 0.3) is 0 Å². The Morgan fingerprint density at radius 1 is 1.65 bits per heavy atom. The molecule has 0 aliphatic heterocycles. The summed E-state index contributed by atoms with van der Waals surface area (Å²) in [6.45, 7) is 5.82. The van der Waals surface area contributed by atoms with E-state index in [9.17, 15) is 4.79 Å². The molecule has 4 heteroatoms. The lowest BCUT2D eigenvalue weighted by Crippen LogP contribution is -2.30. The number of nitrogens with zero attached hydrogens (tertiary/aromatic N) is 1. The summed E-state index contributed by atoms with van der Waals surface area (Å²) in [5.41, 5.74) is 0.598. The zero-order valence-corrected chi connectivity index (χ0v) is 10.5. The molecule has 0 aliphatic rings. The number of nitriles is 1. The first-order valence-corrected chi connectivity index (χ1v) is 6.11. The van der Waals surface area contributed by atoms with Gasteiger partial charge in [0, 0.05) is 11.4 Å². The molecule has 0 aromatic heterocycles. The van der Waals surface area contributed by atoms with Gasteiger partial charge in [-0.1, -0.05) is 18.2 Å². The van der Waals surface area contributed by atoms with E-state index in [2.05, 4.69) is 18.0 Å². The topological polar surface area (TPSA) is 52.9 Å². The molecule has 0 heterocycles. The van der Waals surface area contributed by atoms with Crippen molar-refractivity contribution in [3.63, 3.8) is 0 Å². The molecule has 88 valence electrons. The fourth-order valence-corrected chi connectivity index (χ4v) is 2.19.